The molecule has 52 heavy (non-hydrogen) atoms. The van der Waals surface area contributed by atoms with Crippen LogP contribution in [-0.4, -0.2) is 92.2 Å². The number of nitrogens with zero attached hydrogens (tertiary/aromatic N) is 3. The highest BCUT2D eigenvalue weighted by Gasteiger charge is 2.34. The van der Waals surface area contributed by atoms with Crippen LogP contribution in [0, 0.1) is 5.41 Å². The number of hydrogen-bond acceptors (Lipinski definition) is 10. The zero-order valence-corrected chi connectivity index (χ0v) is 28.7. The largest absolute Gasteiger partial charge is 0.512 e. The number of aromatic amines is 1. The van der Waals surface area contributed by atoms with Crippen molar-refractivity contribution in [3.05, 3.63) is 111 Å². The standard InChI is InChI=1S/C16H16FN3O3.C16H18FNO4.C2H4O2.CH4N2/c17-7-12-6-14-13(15(21)19-10-18-14)8-20(12)16(22)23-9-11-4-2-1-3-5-11;1-11(19)14-9-18(13(8-17)7-15(14)20)16(21)22-10-12-5-3-2-4-6-12;1-2(3)4;2-1-3/h1-5,10,12H,6-9H2,(H,18,19,21);2-6,13,20H,7-10H2,1H3;1H3,(H,3,4);1H,(H3,2,3). The van der Waals surface area contributed by atoms with Crippen LogP contribution in [0.5, 0.6) is 0 Å². The summed E-state index contributed by atoms with van der Waals surface area (Å²) < 4.78 is 36.8. The van der Waals surface area contributed by atoms with E-state index < -0.39 is 43.6 Å². The lowest BCUT2D eigenvalue weighted by molar-refractivity contribution is -0.134. The fourth-order valence-corrected chi connectivity index (χ4v) is 4.91. The number of benzene rings is 2. The number of ether oxygens (including phenoxy) is 2. The molecule has 6 N–H and O–H groups in total. The Labute approximate surface area is 298 Å². The number of Topliss-reactive ketones (excluding diaryl/α,β-unsaturated/α-hetero) is 1. The van der Waals surface area contributed by atoms with Gasteiger partial charge >= 0.3 is 12.2 Å². The molecule has 2 aromatic carbocycles. The summed E-state index contributed by atoms with van der Waals surface area (Å²) in [5.74, 6) is -1.32. The minimum Gasteiger partial charge on any atom is -0.512 e. The van der Waals surface area contributed by atoms with Gasteiger partial charge in [-0.25, -0.2) is 23.4 Å². The van der Waals surface area contributed by atoms with Gasteiger partial charge in [-0.05, 0) is 18.1 Å². The molecule has 2 aliphatic rings. The normalized spacial score (nSPS) is 15.8. The van der Waals surface area contributed by atoms with Gasteiger partial charge in [-0.15, -0.1) is 0 Å². The molecule has 0 spiro atoms. The Morgan fingerprint density at radius 3 is 1.79 bits per heavy atom. The monoisotopic (exact) mass is 728 g/mol. The number of H-pyrrole nitrogens is 1. The first kappa shape index (κ1) is 42.0. The number of fused-ring (bicyclic) bond motifs is 1. The molecule has 0 saturated heterocycles. The first-order valence-corrected chi connectivity index (χ1v) is 15.8. The van der Waals surface area contributed by atoms with Crippen LogP contribution in [0.1, 0.15) is 42.7 Å². The van der Waals surface area contributed by atoms with Crippen molar-refractivity contribution in [2.75, 3.05) is 19.9 Å². The molecule has 0 bridgehead atoms. The number of aliphatic hydroxyl groups excluding tert-OH is 1. The number of carbonyl (C=O) groups excluding carboxylic acids is 3. The molecule has 0 saturated carbocycles. The van der Waals surface area contributed by atoms with E-state index >= 15 is 0 Å². The zero-order valence-electron chi connectivity index (χ0n) is 28.7. The van der Waals surface area contributed by atoms with Crippen molar-refractivity contribution in [1.82, 2.24) is 19.8 Å². The maximum atomic E-state index is 13.3. The predicted molar refractivity (Wildman–Crippen MR) is 185 cm³/mol. The van der Waals surface area contributed by atoms with Gasteiger partial charge in [-0.2, -0.15) is 0 Å². The number of carboxylic acids is 1. The van der Waals surface area contributed by atoms with E-state index in [1.165, 1.54) is 18.2 Å². The van der Waals surface area contributed by atoms with E-state index in [1.54, 1.807) is 0 Å². The minimum atomic E-state index is -0.833. The van der Waals surface area contributed by atoms with Crippen LogP contribution in [0.25, 0.3) is 0 Å². The molecule has 280 valence electrons. The second-order valence-corrected chi connectivity index (χ2v) is 11.2. The second kappa shape index (κ2) is 21.8. The number of hydrogen-bond donors (Lipinski definition) is 5. The summed E-state index contributed by atoms with van der Waals surface area (Å²) in [5.41, 5.74) is 6.77. The smallest absolute Gasteiger partial charge is 0.410 e. The minimum absolute atomic E-state index is 0.000711. The first-order valence-electron chi connectivity index (χ1n) is 15.8. The number of carboxylic acid groups (broad SMARTS) is 1. The zero-order chi connectivity index (χ0) is 38.6. The van der Waals surface area contributed by atoms with Crippen molar-refractivity contribution in [3.63, 3.8) is 0 Å². The quantitative estimate of drug-likeness (QED) is 0.171. The summed E-state index contributed by atoms with van der Waals surface area (Å²) >= 11 is 0. The molecule has 1 aromatic heterocycles. The lowest BCUT2D eigenvalue weighted by atomic mass is 9.99. The van der Waals surface area contributed by atoms with Gasteiger partial charge in [0.15, 0.2) is 5.78 Å². The number of ketones is 1. The summed E-state index contributed by atoms with van der Waals surface area (Å²) in [5, 5.41) is 23.0. The van der Waals surface area contributed by atoms with Gasteiger partial charge in [0, 0.05) is 19.8 Å². The molecular weight excluding hydrogens is 686 g/mol. The van der Waals surface area contributed by atoms with Crippen LogP contribution in [0.4, 0.5) is 18.4 Å². The Balaban J connectivity index is 0.000000306. The maximum absolute atomic E-state index is 13.3. The Morgan fingerprint density at radius 2 is 1.35 bits per heavy atom. The molecule has 2 amide bonds. The van der Waals surface area contributed by atoms with Crippen molar-refractivity contribution in [2.24, 2.45) is 5.73 Å². The molecule has 2 unspecified atom stereocenters. The van der Waals surface area contributed by atoms with E-state index in [9.17, 15) is 33.1 Å². The average molecular weight is 729 g/mol. The number of alkyl halides is 2. The number of halogens is 2. The Kier molecular flexibility index (Phi) is 17.7. The fourth-order valence-electron chi connectivity index (χ4n) is 4.91. The SMILES string of the molecule is CC(=O)C1=C(O)CC(CF)N(C(=O)OCc2ccccc2)C1.CC(=O)O.N=CN.O=C(OCc1ccccc1)N1Cc2c(nc[nH]c2=O)CC1CF. The molecule has 2 atom stereocenters. The van der Waals surface area contributed by atoms with E-state index in [0.29, 0.717) is 11.3 Å². The summed E-state index contributed by atoms with van der Waals surface area (Å²) in [6.07, 6.45) is 0.838. The van der Waals surface area contributed by atoms with Crippen LogP contribution in [-0.2, 0) is 45.2 Å². The second-order valence-electron chi connectivity index (χ2n) is 11.2. The number of aromatic nitrogens is 2. The average Bonchev–Trinajstić information content (AvgIpc) is 3.13. The highest BCUT2D eigenvalue weighted by molar-refractivity contribution is 5.95. The van der Waals surface area contributed by atoms with Gasteiger partial charge in [0.2, 0.25) is 0 Å². The van der Waals surface area contributed by atoms with Crippen LogP contribution >= 0.6 is 0 Å². The molecule has 17 heteroatoms. The van der Waals surface area contributed by atoms with E-state index in [-0.39, 0.29) is 61.8 Å². The highest BCUT2D eigenvalue weighted by atomic mass is 19.1. The van der Waals surface area contributed by atoms with Crippen molar-refractivity contribution in [1.29, 1.82) is 5.41 Å². The lowest BCUT2D eigenvalue weighted by Crippen LogP contribution is -2.47. The van der Waals surface area contributed by atoms with Crippen molar-refractivity contribution in [3.8, 4) is 0 Å². The summed E-state index contributed by atoms with van der Waals surface area (Å²) in [4.78, 5) is 65.6. The summed E-state index contributed by atoms with van der Waals surface area (Å²) in [6, 6.07) is 16.9. The van der Waals surface area contributed by atoms with Crippen molar-refractivity contribution >= 4 is 30.3 Å². The van der Waals surface area contributed by atoms with Gasteiger partial charge in [0.1, 0.15) is 32.3 Å². The van der Waals surface area contributed by atoms with E-state index in [2.05, 4.69) is 15.7 Å². The molecule has 3 aromatic rings. The highest BCUT2D eigenvalue weighted by Crippen LogP contribution is 2.24. The Bertz CT molecular complexity index is 1720. The third-order valence-corrected chi connectivity index (χ3v) is 7.44. The van der Waals surface area contributed by atoms with Crippen LogP contribution < -0.4 is 11.3 Å². The third kappa shape index (κ3) is 13.3. The van der Waals surface area contributed by atoms with Crippen LogP contribution in [0.15, 0.2) is 83.1 Å². The Morgan fingerprint density at radius 1 is 0.904 bits per heavy atom. The van der Waals surface area contributed by atoms with Crippen LogP contribution in [0.2, 0.25) is 0 Å². The number of aliphatic carboxylic acids is 1. The maximum Gasteiger partial charge on any atom is 0.410 e. The lowest BCUT2D eigenvalue weighted by Gasteiger charge is -2.33. The number of nitrogens with two attached hydrogens (primary N) is 1. The molecule has 5 rings (SSSR count). The number of amides is 2. The van der Waals surface area contributed by atoms with Gasteiger partial charge < -0.3 is 30.4 Å². The fraction of sp³-hybridized carbons (Fsp3) is 0.343. The topological polar surface area (TPSA) is 229 Å². The molecule has 0 radical (unpaired) electrons. The predicted octanol–water partition coefficient (Wildman–Crippen LogP) is 4.21. The molecule has 3 heterocycles. The van der Waals surface area contributed by atoms with E-state index in [4.69, 9.17) is 24.8 Å². The van der Waals surface area contributed by atoms with E-state index in [0.717, 1.165) is 29.3 Å². The number of nitrogens with one attached hydrogen (secondary N) is 2. The first-order chi connectivity index (χ1) is 24.9. The molecule has 0 fully saturated rings. The molecule has 2 aliphatic heterocycles. The van der Waals surface area contributed by atoms with Gasteiger partial charge in [-0.3, -0.25) is 29.6 Å². The van der Waals surface area contributed by atoms with Crippen molar-refractivity contribution < 1.29 is 47.6 Å². The van der Waals surface area contributed by atoms with E-state index in [1.807, 2.05) is 60.7 Å². The van der Waals surface area contributed by atoms with Crippen LogP contribution in [0.3, 0.4) is 0 Å². The van der Waals surface area contributed by atoms with Gasteiger partial charge in [0.05, 0.1) is 54.7 Å². The Hall–Kier alpha value is -6.13. The number of rotatable bonds is 7. The summed E-state index contributed by atoms with van der Waals surface area (Å²) in [6.45, 7) is 0.897. The third-order valence-electron chi connectivity index (χ3n) is 7.44. The number of carbonyl (C=O) groups is 4. The van der Waals surface area contributed by atoms with Crippen molar-refractivity contribution in [2.45, 2.75) is 58.5 Å². The summed E-state index contributed by atoms with van der Waals surface area (Å²) in [7, 11) is 0. The molecular formula is C35H42F2N6O9. The number of aliphatic hydroxyl groups is 1. The van der Waals surface area contributed by atoms with Gasteiger partial charge in [0.25, 0.3) is 11.5 Å². The molecule has 15 nitrogen and oxygen atoms in total. The van der Waals surface area contributed by atoms with Gasteiger partial charge in [-0.1, -0.05) is 60.7 Å². The molecule has 0 aliphatic carbocycles.